The highest BCUT2D eigenvalue weighted by Crippen LogP contribution is 2.56. The number of carbonyl (C=O) groups excluding carboxylic acids is 2. The van der Waals surface area contributed by atoms with Gasteiger partial charge in [0.1, 0.15) is 0 Å². The van der Waals surface area contributed by atoms with Gasteiger partial charge in [-0.25, -0.2) is 0 Å². The van der Waals surface area contributed by atoms with Crippen LogP contribution in [0.4, 0.5) is 5.69 Å². The van der Waals surface area contributed by atoms with Gasteiger partial charge in [0, 0.05) is 22.7 Å². The van der Waals surface area contributed by atoms with Gasteiger partial charge in [0.25, 0.3) is 5.91 Å². The fraction of sp³-hybridized carbons (Fsp3) is 0.263. The Kier molecular flexibility index (Phi) is 4.59. The van der Waals surface area contributed by atoms with Crippen LogP contribution >= 0.6 is 34.7 Å². The number of benzene rings is 1. The Labute approximate surface area is 165 Å². The summed E-state index contributed by atoms with van der Waals surface area (Å²) in [4.78, 5) is 30.7. The van der Waals surface area contributed by atoms with Crippen molar-refractivity contribution in [3.05, 3.63) is 58.3 Å². The van der Waals surface area contributed by atoms with Crippen LogP contribution in [0.25, 0.3) is 0 Å². The van der Waals surface area contributed by atoms with Crippen LogP contribution in [0.2, 0.25) is 4.34 Å². The number of hydrogen-bond acceptors (Lipinski definition) is 4. The number of halogens is 1. The Morgan fingerprint density at radius 2 is 2.15 bits per heavy atom. The van der Waals surface area contributed by atoms with Crippen LogP contribution in [0, 0.1) is 0 Å². The summed E-state index contributed by atoms with van der Waals surface area (Å²) in [7, 11) is 0. The number of rotatable bonds is 5. The molecule has 2 aliphatic heterocycles. The quantitative estimate of drug-likeness (QED) is 0.686. The lowest BCUT2D eigenvalue weighted by atomic mass is 10.1. The van der Waals surface area contributed by atoms with E-state index >= 15 is 0 Å². The lowest BCUT2D eigenvalue weighted by Gasteiger charge is -2.34. The van der Waals surface area contributed by atoms with Gasteiger partial charge in [0.05, 0.1) is 16.6 Å². The summed E-state index contributed by atoms with van der Waals surface area (Å²) in [6, 6.07) is 11.5. The third-order valence-electron chi connectivity index (χ3n) is 4.62. The van der Waals surface area contributed by atoms with Gasteiger partial charge in [-0.2, -0.15) is 0 Å². The molecular weight excluding hydrogens is 388 g/mol. The van der Waals surface area contributed by atoms with Gasteiger partial charge >= 0.3 is 0 Å². The largest absolute Gasteiger partial charge is 0.331 e. The first-order valence-corrected chi connectivity index (χ1v) is 10.3. The second-order valence-corrected chi connectivity index (χ2v) is 9.38. The zero-order chi connectivity index (χ0) is 18.3. The van der Waals surface area contributed by atoms with E-state index in [-0.39, 0.29) is 11.8 Å². The van der Waals surface area contributed by atoms with E-state index in [2.05, 4.69) is 6.58 Å². The minimum absolute atomic E-state index is 0.00789. The fourth-order valence-corrected chi connectivity index (χ4v) is 6.12. The third kappa shape index (κ3) is 2.76. The van der Waals surface area contributed by atoms with Crippen LogP contribution < -0.4 is 4.90 Å². The Morgan fingerprint density at radius 1 is 1.35 bits per heavy atom. The molecule has 1 aromatic carbocycles. The summed E-state index contributed by atoms with van der Waals surface area (Å²) in [5.74, 6) is -0.0394. The number of carbonyl (C=O) groups is 2. The lowest BCUT2D eigenvalue weighted by molar-refractivity contribution is -0.134. The van der Waals surface area contributed by atoms with Gasteiger partial charge in [-0.15, -0.1) is 17.9 Å². The molecule has 1 unspecified atom stereocenters. The summed E-state index contributed by atoms with van der Waals surface area (Å²) < 4.78 is 0.699. The van der Waals surface area contributed by atoms with Crippen LogP contribution in [0.1, 0.15) is 17.7 Å². The molecule has 0 N–H and O–H groups in total. The molecule has 4 nitrogen and oxygen atoms in total. The van der Waals surface area contributed by atoms with E-state index in [9.17, 15) is 9.59 Å². The molecule has 26 heavy (non-hydrogen) atoms. The van der Waals surface area contributed by atoms with Crippen molar-refractivity contribution in [2.45, 2.75) is 29.2 Å². The first-order valence-electron chi connectivity index (χ1n) is 8.31. The van der Waals surface area contributed by atoms with Crippen molar-refractivity contribution in [1.29, 1.82) is 0 Å². The number of thioether (sulfide) groups is 1. The van der Waals surface area contributed by atoms with Crippen molar-refractivity contribution in [2.24, 2.45) is 0 Å². The molecule has 0 aliphatic carbocycles. The number of amides is 2. The molecule has 134 valence electrons. The molecule has 2 amide bonds. The Balaban J connectivity index is 1.68. The first-order chi connectivity index (χ1) is 12.5. The van der Waals surface area contributed by atoms with Gasteiger partial charge in [0.15, 0.2) is 4.87 Å². The molecule has 3 heterocycles. The highest BCUT2D eigenvalue weighted by atomic mass is 35.5. The number of thiophene rings is 1. The number of fused-ring (bicyclic) bond motifs is 3. The summed E-state index contributed by atoms with van der Waals surface area (Å²) in [6.07, 6.45) is 2.63. The normalized spacial score (nSPS) is 20.8. The standard InChI is InChI=1S/C19H17ClN2O2S2/c1-2-11-21(12-13-7-8-16(20)25-13)18(24)19-10-9-17(23)22(19)14-5-3-4-6-15(14)26-19/h2-8H,1,9-12H2. The molecule has 4 rings (SSSR count). The molecular formula is C19H17ClN2O2S2. The van der Waals surface area contributed by atoms with Crippen molar-refractivity contribution in [1.82, 2.24) is 4.90 Å². The molecule has 0 spiro atoms. The molecule has 2 aromatic rings. The van der Waals surface area contributed by atoms with Crippen molar-refractivity contribution in [3.8, 4) is 0 Å². The van der Waals surface area contributed by atoms with Crippen LogP contribution in [0.3, 0.4) is 0 Å². The molecule has 2 aliphatic rings. The topological polar surface area (TPSA) is 40.6 Å². The van der Waals surface area contributed by atoms with Gasteiger partial charge in [-0.1, -0.05) is 41.6 Å². The summed E-state index contributed by atoms with van der Waals surface area (Å²) in [6.45, 7) is 4.68. The summed E-state index contributed by atoms with van der Waals surface area (Å²) in [5.41, 5.74) is 0.839. The minimum Gasteiger partial charge on any atom is -0.331 e. The number of hydrogen-bond donors (Lipinski definition) is 0. The molecule has 0 bridgehead atoms. The average molecular weight is 405 g/mol. The van der Waals surface area contributed by atoms with Gasteiger partial charge in [-0.05, 0) is 30.7 Å². The molecule has 1 atom stereocenters. The molecule has 0 saturated carbocycles. The van der Waals surface area contributed by atoms with E-state index in [0.29, 0.717) is 30.3 Å². The Hall–Kier alpha value is -1.76. The van der Waals surface area contributed by atoms with Gasteiger partial charge in [0.2, 0.25) is 5.91 Å². The molecule has 1 saturated heterocycles. The second-order valence-electron chi connectivity index (χ2n) is 6.26. The summed E-state index contributed by atoms with van der Waals surface area (Å²) in [5, 5.41) is 0. The Bertz CT molecular complexity index is 897. The zero-order valence-corrected chi connectivity index (χ0v) is 16.4. The summed E-state index contributed by atoms with van der Waals surface area (Å²) >= 11 is 8.99. The maximum Gasteiger partial charge on any atom is 0.260 e. The monoisotopic (exact) mass is 404 g/mol. The van der Waals surface area contributed by atoms with E-state index in [4.69, 9.17) is 11.6 Å². The van der Waals surface area contributed by atoms with E-state index < -0.39 is 4.87 Å². The first kappa shape index (κ1) is 17.6. The number of anilines is 1. The van der Waals surface area contributed by atoms with Crippen molar-refractivity contribution in [2.75, 3.05) is 11.4 Å². The van der Waals surface area contributed by atoms with E-state index in [0.717, 1.165) is 15.5 Å². The lowest BCUT2D eigenvalue weighted by Crippen LogP contribution is -2.53. The SMILES string of the molecule is C=CCN(Cc1ccc(Cl)s1)C(=O)C12CCC(=O)N1c1ccccc1S2. The predicted molar refractivity (Wildman–Crippen MR) is 107 cm³/mol. The Morgan fingerprint density at radius 3 is 2.88 bits per heavy atom. The van der Waals surface area contributed by atoms with Gasteiger partial charge < -0.3 is 4.90 Å². The van der Waals surface area contributed by atoms with Crippen LogP contribution in [0.15, 0.2) is 53.9 Å². The van der Waals surface area contributed by atoms with E-state index in [1.807, 2.05) is 36.4 Å². The zero-order valence-electron chi connectivity index (χ0n) is 14.0. The average Bonchev–Trinajstić information content (AvgIpc) is 3.28. The molecule has 7 heteroatoms. The van der Waals surface area contributed by atoms with Crippen LogP contribution in [-0.2, 0) is 16.1 Å². The maximum atomic E-state index is 13.6. The van der Waals surface area contributed by atoms with Crippen molar-refractivity contribution < 1.29 is 9.59 Å². The van der Waals surface area contributed by atoms with Crippen LogP contribution in [0.5, 0.6) is 0 Å². The highest BCUT2D eigenvalue weighted by Gasteiger charge is 2.58. The second kappa shape index (κ2) is 6.76. The smallest absolute Gasteiger partial charge is 0.260 e. The minimum atomic E-state index is -0.884. The van der Waals surface area contributed by atoms with Gasteiger partial charge in [-0.3, -0.25) is 14.5 Å². The molecule has 0 radical (unpaired) electrons. The van der Waals surface area contributed by atoms with E-state index in [1.54, 1.807) is 15.9 Å². The molecule has 1 aromatic heterocycles. The maximum absolute atomic E-state index is 13.6. The van der Waals surface area contributed by atoms with Crippen LogP contribution in [-0.4, -0.2) is 28.1 Å². The van der Waals surface area contributed by atoms with E-state index in [1.165, 1.54) is 23.1 Å². The fourth-order valence-electron chi connectivity index (χ4n) is 3.53. The van der Waals surface area contributed by atoms with Crippen molar-refractivity contribution >= 4 is 52.2 Å². The highest BCUT2D eigenvalue weighted by molar-refractivity contribution is 8.02. The predicted octanol–water partition coefficient (Wildman–Crippen LogP) is 4.55. The van der Waals surface area contributed by atoms with Crippen molar-refractivity contribution in [3.63, 3.8) is 0 Å². The number of para-hydroxylation sites is 1. The third-order valence-corrected chi connectivity index (χ3v) is 7.30. The number of nitrogens with zero attached hydrogens (tertiary/aromatic N) is 2. The molecule has 1 fully saturated rings.